The van der Waals surface area contributed by atoms with E-state index in [0.717, 1.165) is 78.1 Å². The van der Waals surface area contributed by atoms with Crippen LogP contribution >= 0.6 is 23.5 Å². The van der Waals surface area contributed by atoms with Gasteiger partial charge >= 0.3 is 23.0 Å². The van der Waals surface area contributed by atoms with Crippen molar-refractivity contribution < 1.29 is 42.1 Å². The SMILES string of the molecule is COc1ccc(-c2cc(Sc3ccccc3)cc(-c3ccc(OC)cc3)[o+]2)cc1.COc1ccc(-c2cc(Sc3ccccc3)cc(-c3ccc(OC)cc3)[o+]2)cc1.[O-]B([O-])F. The van der Waals surface area contributed by atoms with Gasteiger partial charge in [0.15, 0.2) is 0 Å². The van der Waals surface area contributed by atoms with E-state index < -0.39 is 7.40 Å². The van der Waals surface area contributed by atoms with E-state index >= 15 is 0 Å². The number of hydrogen-bond donors (Lipinski definition) is 0. The van der Waals surface area contributed by atoms with Crippen LogP contribution in [0.4, 0.5) is 4.32 Å². The van der Waals surface area contributed by atoms with Crippen LogP contribution in [0.1, 0.15) is 0 Å². The van der Waals surface area contributed by atoms with Crippen molar-refractivity contribution in [3.63, 3.8) is 0 Å². The smallest absolute Gasteiger partial charge is 0.361 e. The molecule has 8 aromatic rings. The quantitative estimate of drug-likeness (QED) is 0.0870. The van der Waals surface area contributed by atoms with E-state index in [-0.39, 0.29) is 0 Å². The molecule has 0 aliphatic heterocycles. The highest BCUT2D eigenvalue weighted by Gasteiger charge is 2.22. The molecule has 2 heterocycles. The molecule has 8 rings (SSSR count). The van der Waals surface area contributed by atoms with Gasteiger partial charge in [-0.15, -0.1) is 0 Å². The van der Waals surface area contributed by atoms with Gasteiger partial charge in [-0.05, 0) is 121 Å². The van der Waals surface area contributed by atoms with Gasteiger partial charge < -0.3 is 33.3 Å². The summed E-state index contributed by atoms with van der Waals surface area (Å²) >= 11 is 3.42. The van der Waals surface area contributed by atoms with Crippen LogP contribution in [0.2, 0.25) is 0 Å². The summed E-state index contributed by atoms with van der Waals surface area (Å²) in [4.78, 5) is 4.58. The predicted octanol–water partition coefficient (Wildman–Crippen LogP) is 11.8. The molecule has 0 amide bonds. The zero-order valence-corrected chi connectivity index (χ0v) is 36.0. The number of methoxy groups -OCH3 is 4. The molecule has 0 spiro atoms. The fourth-order valence-electron chi connectivity index (χ4n) is 5.91. The molecule has 12 heteroatoms. The van der Waals surface area contributed by atoms with Crippen LogP contribution < -0.4 is 29.0 Å². The standard InChI is InChI=1S/2C25H21O3S.BFO2/c2*1-26-20-12-8-18(9-13-20)24-16-23(29-22-6-4-3-5-7-22)17-25(28-24)19-10-14-21(27-2)15-11-19;2-1(3)4/h2*3-17H,1-2H3;/q2*+1;-2. The number of hydrogen-bond acceptors (Lipinski definition) is 8. The zero-order chi connectivity index (χ0) is 43.7. The van der Waals surface area contributed by atoms with Crippen LogP contribution in [0.5, 0.6) is 23.0 Å². The highest BCUT2D eigenvalue weighted by molar-refractivity contribution is 7.99. The molecule has 8 nitrogen and oxygen atoms in total. The molecule has 0 unspecified atom stereocenters. The number of rotatable bonds is 12. The lowest BCUT2D eigenvalue weighted by Gasteiger charge is -2.09. The molecule has 0 saturated heterocycles. The predicted molar refractivity (Wildman–Crippen MR) is 242 cm³/mol. The van der Waals surface area contributed by atoms with Crippen LogP contribution in [0.15, 0.2) is 210 Å². The summed E-state index contributed by atoms with van der Waals surface area (Å²) in [5, 5.41) is 16.6. The molecule has 0 bridgehead atoms. The van der Waals surface area contributed by atoms with E-state index in [1.54, 1.807) is 52.0 Å². The molecule has 0 fully saturated rings. The molecular formula is C50H42BFO8S2. The second-order valence-corrected chi connectivity index (χ2v) is 15.4. The average molecular weight is 865 g/mol. The fraction of sp³-hybridized carbons (Fsp3) is 0.0800. The Morgan fingerprint density at radius 3 is 0.806 bits per heavy atom. The first-order chi connectivity index (χ1) is 30.2. The maximum Gasteiger partial charge on any atom is 0.361 e. The number of benzene rings is 6. The van der Waals surface area contributed by atoms with Crippen molar-refractivity contribution >= 4 is 30.9 Å². The van der Waals surface area contributed by atoms with Gasteiger partial charge in [0.1, 0.15) is 30.4 Å². The van der Waals surface area contributed by atoms with Crippen LogP contribution in [-0.4, -0.2) is 35.8 Å². The summed E-state index contributed by atoms with van der Waals surface area (Å²) in [7, 11) is 3.49. The molecule has 0 aliphatic carbocycles. The van der Waals surface area contributed by atoms with Gasteiger partial charge in [0.2, 0.25) is 0 Å². The van der Waals surface area contributed by atoms with Crippen LogP contribution in [0.25, 0.3) is 45.3 Å². The molecule has 0 atom stereocenters. The van der Waals surface area contributed by atoms with Crippen LogP contribution in [-0.2, 0) is 0 Å². The van der Waals surface area contributed by atoms with Crippen molar-refractivity contribution in [1.29, 1.82) is 0 Å². The molecule has 0 saturated carbocycles. The fourth-order valence-corrected chi connectivity index (χ4v) is 7.71. The summed E-state index contributed by atoms with van der Waals surface area (Å²) in [6.45, 7) is 0. The minimum Gasteiger partial charge on any atom is -0.867 e. The Balaban J connectivity index is 0.000000191. The Labute approximate surface area is 369 Å². The summed E-state index contributed by atoms with van der Waals surface area (Å²) in [6, 6.07) is 60.5. The van der Waals surface area contributed by atoms with Crippen molar-refractivity contribution in [2.24, 2.45) is 0 Å². The Morgan fingerprint density at radius 1 is 0.371 bits per heavy atom. The van der Waals surface area contributed by atoms with Gasteiger partial charge in [-0.1, -0.05) is 59.9 Å². The first kappa shape index (κ1) is 45.0. The molecule has 2 aromatic heterocycles. The van der Waals surface area contributed by atoms with Gasteiger partial charge in [-0.2, -0.15) is 0 Å². The van der Waals surface area contributed by atoms with Crippen LogP contribution in [0, 0.1) is 0 Å². The molecule has 0 N–H and O–H groups in total. The zero-order valence-electron chi connectivity index (χ0n) is 34.4. The average Bonchev–Trinajstić information content (AvgIpc) is 3.32. The minimum atomic E-state index is -3.17. The lowest BCUT2D eigenvalue weighted by atomic mass is 10.1. The van der Waals surface area contributed by atoms with Crippen molar-refractivity contribution in [3.05, 3.63) is 182 Å². The molecule has 0 aliphatic rings. The molecule has 62 heavy (non-hydrogen) atoms. The van der Waals surface area contributed by atoms with Gasteiger partial charge in [0.25, 0.3) is 0 Å². The van der Waals surface area contributed by atoms with E-state index in [1.165, 1.54) is 9.79 Å². The maximum atomic E-state index is 9.89. The lowest BCUT2D eigenvalue weighted by molar-refractivity contribution is -0.366. The van der Waals surface area contributed by atoms with Crippen LogP contribution in [0.3, 0.4) is 0 Å². The van der Waals surface area contributed by atoms with Gasteiger partial charge in [0.05, 0.1) is 75.0 Å². The van der Waals surface area contributed by atoms with Gasteiger partial charge in [0, 0.05) is 19.6 Å². The van der Waals surface area contributed by atoms with E-state index in [9.17, 15) is 4.32 Å². The first-order valence-electron chi connectivity index (χ1n) is 19.2. The Bertz CT molecular complexity index is 2270. The normalized spacial score (nSPS) is 10.3. The van der Waals surface area contributed by atoms with E-state index in [4.69, 9.17) is 37.8 Å². The van der Waals surface area contributed by atoms with E-state index in [2.05, 4.69) is 48.5 Å². The van der Waals surface area contributed by atoms with E-state index in [1.807, 2.05) is 133 Å². The monoisotopic (exact) mass is 864 g/mol. The molecule has 0 radical (unpaired) electrons. The summed E-state index contributed by atoms with van der Waals surface area (Å²) in [5.74, 6) is 6.49. The summed E-state index contributed by atoms with van der Waals surface area (Å²) in [6.07, 6.45) is 0. The molecule has 6 aromatic carbocycles. The second kappa shape index (κ2) is 22.9. The highest BCUT2D eigenvalue weighted by Crippen LogP contribution is 2.38. The Kier molecular flexibility index (Phi) is 16.6. The van der Waals surface area contributed by atoms with Crippen molar-refractivity contribution in [2.45, 2.75) is 19.6 Å². The van der Waals surface area contributed by atoms with Crippen molar-refractivity contribution in [2.75, 3.05) is 28.4 Å². The Morgan fingerprint density at radius 2 is 0.597 bits per heavy atom. The first-order valence-corrected chi connectivity index (χ1v) is 20.8. The third-order valence-corrected chi connectivity index (χ3v) is 10.9. The maximum absolute atomic E-state index is 9.89. The molecule has 312 valence electrons. The Hall–Kier alpha value is -6.57. The third-order valence-electron chi connectivity index (χ3n) is 8.99. The summed E-state index contributed by atoms with van der Waals surface area (Å²) in [5.41, 5.74) is 3.99. The van der Waals surface area contributed by atoms with Gasteiger partial charge in [-0.25, -0.2) is 8.83 Å². The highest BCUT2D eigenvalue weighted by atomic mass is 32.2. The topological polar surface area (TPSA) is 106 Å². The largest absolute Gasteiger partial charge is 0.867 e. The van der Waals surface area contributed by atoms with Crippen molar-refractivity contribution in [3.8, 4) is 68.3 Å². The third kappa shape index (κ3) is 13.2. The summed E-state index contributed by atoms with van der Waals surface area (Å²) < 4.78 is 43.6. The van der Waals surface area contributed by atoms with E-state index in [0.29, 0.717) is 0 Å². The van der Waals surface area contributed by atoms with Crippen molar-refractivity contribution in [1.82, 2.24) is 0 Å². The van der Waals surface area contributed by atoms with Gasteiger partial charge in [-0.3, -0.25) is 0 Å². The number of ether oxygens (including phenoxy) is 4. The second-order valence-electron chi connectivity index (χ2n) is 13.1. The minimum absolute atomic E-state index is 0.805. The molecular weight excluding hydrogens is 822 g/mol. The number of halogens is 1. The lowest BCUT2D eigenvalue weighted by Crippen LogP contribution is -2.39.